The number of aldehydes is 1. The Bertz CT molecular complexity index is 551. The highest BCUT2D eigenvalue weighted by atomic mass is 35.5. The van der Waals surface area contributed by atoms with Crippen molar-refractivity contribution < 1.29 is 4.79 Å². The first-order valence-corrected chi connectivity index (χ1v) is 6.07. The second kappa shape index (κ2) is 4.53. The zero-order valence-electron chi connectivity index (χ0n) is 8.33. The number of benzene rings is 1. The van der Waals surface area contributed by atoms with Crippen LogP contribution in [0, 0.1) is 6.92 Å². The number of nitrogens with zero attached hydrogens (tertiary/aromatic N) is 1. The van der Waals surface area contributed by atoms with Crippen LogP contribution in [0.4, 0.5) is 0 Å². The molecular weight excluding hydrogens is 265 g/mol. The van der Waals surface area contributed by atoms with Gasteiger partial charge in [-0.05, 0) is 25.1 Å². The van der Waals surface area contributed by atoms with Crippen LogP contribution in [0.5, 0.6) is 0 Å². The number of aromatic nitrogens is 1. The van der Waals surface area contributed by atoms with Crippen molar-refractivity contribution in [3.63, 3.8) is 0 Å². The van der Waals surface area contributed by atoms with Crippen molar-refractivity contribution in [2.75, 3.05) is 0 Å². The molecule has 0 unspecified atom stereocenters. The van der Waals surface area contributed by atoms with Gasteiger partial charge >= 0.3 is 0 Å². The van der Waals surface area contributed by atoms with Gasteiger partial charge in [0.25, 0.3) is 0 Å². The molecule has 2 nitrogen and oxygen atoms in total. The molecule has 0 amide bonds. The third-order valence-electron chi connectivity index (χ3n) is 2.10. The Hall–Kier alpha value is -0.900. The lowest BCUT2D eigenvalue weighted by Gasteiger charge is -1.99. The van der Waals surface area contributed by atoms with Crippen molar-refractivity contribution in [3.8, 4) is 10.6 Å². The molecule has 1 aromatic carbocycles. The van der Waals surface area contributed by atoms with E-state index in [0.29, 0.717) is 14.9 Å². The number of carbonyl (C=O) groups excluding carboxylic acids is 1. The van der Waals surface area contributed by atoms with Crippen molar-refractivity contribution in [1.82, 2.24) is 4.98 Å². The Labute approximate surface area is 107 Å². The van der Waals surface area contributed by atoms with E-state index >= 15 is 0 Å². The smallest absolute Gasteiger partial charge is 0.161 e. The van der Waals surface area contributed by atoms with Crippen LogP contribution in [0.15, 0.2) is 18.2 Å². The molecule has 0 radical (unpaired) electrons. The molecule has 1 heterocycles. The number of halogens is 2. The van der Waals surface area contributed by atoms with Crippen molar-refractivity contribution >= 4 is 40.8 Å². The van der Waals surface area contributed by atoms with Gasteiger partial charge in [-0.2, -0.15) is 0 Å². The van der Waals surface area contributed by atoms with Crippen LogP contribution in [0.1, 0.15) is 15.4 Å². The van der Waals surface area contributed by atoms with E-state index in [1.165, 1.54) is 11.3 Å². The van der Waals surface area contributed by atoms with Gasteiger partial charge in [-0.25, -0.2) is 4.98 Å². The van der Waals surface area contributed by atoms with Crippen LogP contribution in [0.25, 0.3) is 10.6 Å². The average molecular weight is 272 g/mol. The van der Waals surface area contributed by atoms with E-state index in [-0.39, 0.29) is 0 Å². The molecule has 0 spiro atoms. The predicted octanol–water partition coefficient (Wildman–Crippen LogP) is 4.24. The Morgan fingerprint density at radius 3 is 2.69 bits per heavy atom. The fourth-order valence-electron chi connectivity index (χ4n) is 1.30. The molecule has 1 aromatic heterocycles. The zero-order chi connectivity index (χ0) is 11.7. The van der Waals surface area contributed by atoms with Crippen LogP contribution in [0.3, 0.4) is 0 Å². The number of thiazole rings is 1. The number of hydrogen-bond donors (Lipinski definition) is 0. The Kier molecular flexibility index (Phi) is 3.28. The minimum atomic E-state index is 0.540. The molecule has 0 bridgehead atoms. The maximum absolute atomic E-state index is 10.7. The second-order valence-electron chi connectivity index (χ2n) is 3.21. The summed E-state index contributed by atoms with van der Waals surface area (Å²) in [6.45, 7) is 1.80. The van der Waals surface area contributed by atoms with Crippen molar-refractivity contribution in [2.24, 2.45) is 0 Å². The molecule has 0 aliphatic heterocycles. The second-order valence-corrected chi connectivity index (χ2v) is 5.08. The highest BCUT2D eigenvalue weighted by Crippen LogP contribution is 2.33. The van der Waals surface area contributed by atoms with Gasteiger partial charge in [-0.3, -0.25) is 4.79 Å². The minimum Gasteiger partial charge on any atom is -0.297 e. The summed E-state index contributed by atoms with van der Waals surface area (Å²) in [5.41, 5.74) is 1.52. The fraction of sp³-hybridized carbons (Fsp3) is 0.0909. The number of rotatable bonds is 2. The van der Waals surface area contributed by atoms with Gasteiger partial charge < -0.3 is 0 Å². The molecular formula is C11H7Cl2NOS. The Morgan fingerprint density at radius 1 is 1.38 bits per heavy atom. The van der Waals surface area contributed by atoms with Crippen LogP contribution in [-0.2, 0) is 0 Å². The maximum atomic E-state index is 10.7. The van der Waals surface area contributed by atoms with Gasteiger partial charge in [0.1, 0.15) is 5.01 Å². The van der Waals surface area contributed by atoms with Gasteiger partial charge in [0.2, 0.25) is 0 Å². The van der Waals surface area contributed by atoms with Crippen molar-refractivity contribution in [1.29, 1.82) is 0 Å². The summed E-state index contributed by atoms with van der Waals surface area (Å²) in [4.78, 5) is 15.7. The molecule has 0 atom stereocenters. The summed E-state index contributed by atoms with van der Waals surface area (Å²) in [6, 6.07) is 5.22. The lowest BCUT2D eigenvalue weighted by Crippen LogP contribution is -1.80. The predicted molar refractivity (Wildman–Crippen MR) is 67.7 cm³/mol. The largest absolute Gasteiger partial charge is 0.297 e. The lowest BCUT2D eigenvalue weighted by molar-refractivity contribution is 0.112. The average Bonchev–Trinajstić information content (AvgIpc) is 2.59. The summed E-state index contributed by atoms with van der Waals surface area (Å²) in [7, 11) is 0. The van der Waals surface area contributed by atoms with Gasteiger partial charge in [0, 0.05) is 10.6 Å². The molecule has 0 fully saturated rings. The molecule has 0 saturated carbocycles. The van der Waals surface area contributed by atoms with E-state index in [1.807, 2.05) is 0 Å². The zero-order valence-corrected chi connectivity index (χ0v) is 10.7. The summed E-state index contributed by atoms with van der Waals surface area (Å²) in [5.74, 6) is 0. The lowest BCUT2D eigenvalue weighted by atomic mass is 10.2. The van der Waals surface area contributed by atoms with E-state index in [0.717, 1.165) is 22.6 Å². The Balaban J connectivity index is 2.54. The molecule has 5 heteroatoms. The molecule has 2 aromatic rings. The quantitative estimate of drug-likeness (QED) is 0.765. The summed E-state index contributed by atoms with van der Waals surface area (Å²) in [6.07, 6.45) is 0.806. The standard InChI is InChI=1S/C11H7Cl2NOS/c1-6-10(5-15)16-11(14-6)8-3-2-7(12)4-9(8)13/h2-5H,1H3. The van der Waals surface area contributed by atoms with Crippen molar-refractivity contribution in [2.45, 2.75) is 6.92 Å². The monoisotopic (exact) mass is 271 g/mol. The summed E-state index contributed by atoms with van der Waals surface area (Å²) < 4.78 is 0. The maximum Gasteiger partial charge on any atom is 0.161 e. The minimum absolute atomic E-state index is 0.540. The highest BCUT2D eigenvalue weighted by molar-refractivity contribution is 7.16. The first-order chi connectivity index (χ1) is 7.61. The Morgan fingerprint density at radius 2 is 2.12 bits per heavy atom. The van der Waals surface area contributed by atoms with E-state index in [4.69, 9.17) is 23.2 Å². The van der Waals surface area contributed by atoms with E-state index in [2.05, 4.69) is 4.98 Å². The number of hydrogen-bond acceptors (Lipinski definition) is 3. The fourth-order valence-corrected chi connectivity index (χ4v) is 2.77. The molecule has 0 N–H and O–H groups in total. The molecule has 82 valence electrons. The third kappa shape index (κ3) is 2.12. The summed E-state index contributed by atoms with van der Waals surface area (Å²) >= 11 is 13.2. The van der Waals surface area contributed by atoms with Gasteiger partial charge in [0.15, 0.2) is 6.29 Å². The molecule has 0 aliphatic rings. The van der Waals surface area contributed by atoms with E-state index in [1.54, 1.807) is 25.1 Å². The van der Waals surface area contributed by atoms with Gasteiger partial charge in [-0.15, -0.1) is 11.3 Å². The van der Waals surface area contributed by atoms with Gasteiger partial charge in [0.05, 0.1) is 15.6 Å². The molecule has 0 saturated heterocycles. The van der Waals surface area contributed by atoms with Crippen LogP contribution in [0.2, 0.25) is 10.0 Å². The van der Waals surface area contributed by atoms with Gasteiger partial charge in [-0.1, -0.05) is 23.2 Å². The normalized spacial score (nSPS) is 10.4. The topological polar surface area (TPSA) is 30.0 Å². The van der Waals surface area contributed by atoms with Crippen LogP contribution >= 0.6 is 34.5 Å². The first kappa shape index (κ1) is 11.6. The van der Waals surface area contributed by atoms with E-state index in [9.17, 15) is 4.79 Å². The number of carbonyl (C=O) groups is 1. The molecule has 2 rings (SSSR count). The third-order valence-corrected chi connectivity index (χ3v) is 3.76. The SMILES string of the molecule is Cc1nc(-c2ccc(Cl)cc2Cl)sc1C=O. The number of aryl methyl sites for hydroxylation is 1. The molecule has 16 heavy (non-hydrogen) atoms. The van der Waals surface area contributed by atoms with Crippen LogP contribution < -0.4 is 0 Å². The molecule has 0 aliphatic carbocycles. The van der Waals surface area contributed by atoms with Crippen molar-refractivity contribution in [3.05, 3.63) is 38.8 Å². The summed E-state index contributed by atoms with van der Waals surface area (Å²) in [5, 5.41) is 1.86. The highest BCUT2D eigenvalue weighted by Gasteiger charge is 2.11. The van der Waals surface area contributed by atoms with E-state index < -0.39 is 0 Å². The van der Waals surface area contributed by atoms with Crippen LogP contribution in [-0.4, -0.2) is 11.3 Å². The first-order valence-electron chi connectivity index (χ1n) is 4.50.